The van der Waals surface area contributed by atoms with E-state index in [9.17, 15) is 19.5 Å². The molecule has 3 aromatic rings. The number of rotatable bonds is 9. The minimum Gasteiger partial charge on any atom is -0.483 e. The van der Waals surface area contributed by atoms with Crippen molar-refractivity contribution in [1.82, 2.24) is 29.7 Å². The summed E-state index contributed by atoms with van der Waals surface area (Å²) < 4.78 is 13.1. The number of nitrogens with one attached hydrogen (secondary N) is 2. The highest BCUT2D eigenvalue weighted by molar-refractivity contribution is 6.30. The van der Waals surface area contributed by atoms with Gasteiger partial charge in [-0.1, -0.05) is 11.6 Å². The predicted octanol–water partition coefficient (Wildman–Crippen LogP) is -0.474. The second-order valence-corrected chi connectivity index (χ2v) is 10.6. The third kappa shape index (κ3) is 5.94. The van der Waals surface area contributed by atoms with E-state index in [0.717, 1.165) is 0 Å². The zero-order chi connectivity index (χ0) is 30.0. The van der Waals surface area contributed by atoms with Gasteiger partial charge in [-0.05, 0) is 31.0 Å². The molecule has 1 aromatic carbocycles. The van der Waals surface area contributed by atoms with E-state index in [1.807, 2.05) is 0 Å². The number of hydrogen-bond acceptors (Lipinski definition) is 11. The number of halogens is 1. The highest BCUT2D eigenvalue weighted by Gasteiger charge is 2.46. The minimum absolute atomic E-state index is 0.180. The summed E-state index contributed by atoms with van der Waals surface area (Å²) in [5.74, 6) is -0.342. The van der Waals surface area contributed by atoms with Crippen LogP contribution in [0.1, 0.15) is 24.6 Å². The molecule has 15 nitrogen and oxygen atoms in total. The van der Waals surface area contributed by atoms with Gasteiger partial charge in [0.05, 0.1) is 12.4 Å². The number of primary amides is 1. The van der Waals surface area contributed by atoms with Crippen LogP contribution in [0.25, 0.3) is 11.2 Å². The zero-order valence-electron chi connectivity index (χ0n) is 22.8. The maximum absolute atomic E-state index is 12.7. The van der Waals surface area contributed by atoms with Crippen LogP contribution in [0, 0.1) is 5.92 Å². The number of aliphatic hydroxyl groups excluding tert-OH is 1. The molecule has 0 saturated carbocycles. The molecule has 4 atom stereocenters. The lowest BCUT2D eigenvalue weighted by Crippen LogP contribution is -2.46. The summed E-state index contributed by atoms with van der Waals surface area (Å²) in [5, 5.41) is 16.8. The van der Waals surface area contributed by atoms with E-state index in [4.69, 9.17) is 32.5 Å². The number of carbonyl (C=O) groups is 3. The number of amides is 3. The van der Waals surface area contributed by atoms with E-state index in [-0.39, 0.29) is 30.9 Å². The maximum atomic E-state index is 12.7. The Kier molecular flexibility index (Phi) is 8.72. The Balaban J connectivity index is 1.27. The normalized spacial score (nSPS) is 22.7. The van der Waals surface area contributed by atoms with Gasteiger partial charge in [0.25, 0.3) is 11.8 Å². The summed E-state index contributed by atoms with van der Waals surface area (Å²) in [6.45, 7) is 0.936. The summed E-state index contributed by atoms with van der Waals surface area (Å²) in [6.07, 6.45) is 0.629. The Hall–Kier alpha value is -4.05. The molecular formula is C26H32ClN9O6. The van der Waals surface area contributed by atoms with E-state index in [1.165, 1.54) is 24.3 Å². The second kappa shape index (κ2) is 12.4. The number of aromatic nitrogens is 4. The Bertz CT molecular complexity index is 1480. The number of aliphatic hydroxyl groups is 1. The first-order valence-corrected chi connectivity index (χ1v) is 13.8. The number of hydrogen-bond donors (Lipinski definition) is 5. The molecule has 224 valence electrons. The van der Waals surface area contributed by atoms with Gasteiger partial charge in [0.2, 0.25) is 5.91 Å². The van der Waals surface area contributed by atoms with Gasteiger partial charge in [0, 0.05) is 43.2 Å². The molecule has 0 bridgehead atoms. The van der Waals surface area contributed by atoms with Crippen molar-refractivity contribution in [3.05, 3.63) is 41.4 Å². The van der Waals surface area contributed by atoms with Crippen LogP contribution in [-0.2, 0) is 25.7 Å². The van der Waals surface area contributed by atoms with Crippen LogP contribution in [0.2, 0.25) is 5.02 Å². The fourth-order valence-corrected chi connectivity index (χ4v) is 5.31. The number of anilines is 1. The van der Waals surface area contributed by atoms with Gasteiger partial charge in [0.15, 0.2) is 35.9 Å². The van der Waals surface area contributed by atoms with E-state index in [2.05, 4.69) is 25.6 Å². The van der Waals surface area contributed by atoms with Gasteiger partial charge >= 0.3 is 0 Å². The summed E-state index contributed by atoms with van der Waals surface area (Å²) in [5.41, 5.74) is 12.8. The lowest BCUT2D eigenvalue weighted by molar-refractivity contribution is -0.136. The van der Waals surface area contributed by atoms with Gasteiger partial charge in [-0.15, -0.1) is 0 Å². The first kappa shape index (κ1) is 29.4. The Labute approximate surface area is 245 Å². The number of fused-ring (bicyclic) bond motifs is 1. The third-order valence-corrected chi connectivity index (χ3v) is 7.76. The van der Waals surface area contributed by atoms with Crippen LogP contribution in [-0.4, -0.2) is 92.2 Å². The van der Waals surface area contributed by atoms with Crippen molar-refractivity contribution in [3.63, 3.8) is 0 Å². The van der Waals surface area contributed by atoms with Gasteiger partial charge in [0.1, 0.15) is 18.2 Å². The summed E-state index contributed by atoms with van der Waals surface area (Å²) in [7, 11) is 1.46. The second-order valence-electron chi connectivity index (χ2n) is 10.1. The molecule has 2 fully saturated rings. The number of imidazole rings is 1. The van der Waals surface area contributed by atoms with E-state index in [0.29, 0.717) is 59.2 Å². The smallest absolute Gasteiger partial charge is 0.260 e. The predicted molar refractivity (Wildman–Crippen MR) is 150 cm³/mol. The zero-order valence-corrected chi connectivity index (χ0v) is 23.5. The van der Waals surface area contributed by atoms with Crippen LogP contribution in [0.4, 0.5) is 5.82 Å². The summed E-state index contributed by atoms with van der Waals surface area (Å²) in [6, 6.07) is 4.12. The molecule has 2 aromatic heterocycles. The van der Waals surface area contributed by atoms with Gasteiger partial charge < -0.3 is 41.6 Å². The number of nitrogens with two attached hydrogens (primary N) is 2. The number of likely N-dealkylation sites (tertiary alicyclic amines) is 1. The SMILES string of the molecule is CNC(=O)[C@H]1O[C@@H](n2cnc3c(NCc4cc(Cl)ccc4OCC(=O)N4CCC(C(N)=O)CC4)ncnc32)[C@H](O)[C@@H]1N. The molecule has 2 aliphatic heterocycles. The van der Waals surface area contributed by atoms with Crippen molar-refractivity contribution in [3.8, 4) is 5.75 Å². The standard InChI is InChI=1S/C26H32ClN9O6/c1-30-25(40)21-18(28)20(38)26(42-21)36-12-34-19-23(32-11-33-24(19)36)31-9-14-8-15(27)2-3-16(14)41-10-17(37)35-6-4-13(5-7-35)22(29)39/h2-3,8,11-13,18,20-21,26,38H,4-7,9-10,28H2,1H3,(H2,29,39)(H,30,40)(H,31,32,33)/t18-,20+,21-,26+/m0/s1. The molecule has 3 amide bonds. The van der Waals surface area contributed by atoms with Crippen molar-refractivity contribution < 1.29 is 29.0 Å². The molecule has 2 aliphatic rings. The fourth-order valence-electron chi connectivity index (χ4n) is 5.12. The van der Waals surface area contributed by atoms with E-state index >= 15 is 0 Å². The minimum atomic E-state index is -1.18. The fraction of sp³-hybridized carbons (Fsp3) is 0.462. The summed E-state index contributed by atoms with van der Waals surface area (Å²) in [4.78, 5) is 50.9. The Morgan fingerprint density at radius 2 is 1.98 bits per heavy atom. The lowest BCUT2D eigenvalue weighted by atomic mass is 9.96. The van der Waals surface area contributed by atoms with Crippen LogP contribution in [0.15, 0.2) is 30.9 Å². The Morgan fingerprint density at radius 1 is 1.21 bits per heavy atom. The van der Waals surface area contributed by atoms with E-state index in [1.54, 1.807) is 23.1 Å². The van der Waals surface area contributed by atoms with Crippen LogP contribution >= 0.6 is 11.6 Å². The molecule has 16 heteroatoms. The molecular weight excluding hydrogens is 570 g/mol. The number of piperidine rings is 1. The first-order valence-electron chi connectivity index (χ1n) is 13.4. The molecule has 0 aliphatic carbocycles. The average molecular weight is 602 g/mol. The highest BCUT2D eigenvalue weighted by Crippen LogP contribution is 2.32. The number of likely N-dealkylation sites (N-methyl/N-ethyl adjacent to an activating group) is 1. The van der Waals surface area contributed by atoms with Crippen molar-refractivity contribution in [2.45, 2.75) is 43.9 Å². The highest BCUT2D eigenvalue weighted by atomic mass is 35.5. The Morgan fingerprint density at radius 3 is 2.69 bits per heavy atom. The molecule has 2 saturated heterocycles. The van der Waals surface area contributed by atoms with Gasteiger partial charge in [-0.3, -0.25) is 19.0 Å². The van der Waals surface area contributed by atoms with Crippen molar-refractivity contribution in [1.29, 1.82) is 0 Å². The van der Waals surface area contributed by atoms with Crippen LogP contribution in [0.5, 0.6) is 5.75 Å². The molecule has 0 radical (unpaired) electrons. The monoisotopic (exact) mass is 601 g/mol. The van der Waals surface area contributed by atoms with Crippen molar-refractivity contribution >= 4 is 46.3 Å². The first-order chi connectivity index (χ1) is 20.2. The number of carbonyl (C=O) groups excluding carboxylic acids is 3. The number of ether oxygens (including phenoxy) is 2. The third-order valence-electron chi connectivity index (χ3n) is 7.53. The lowest BCUT2D eigenvalue weighted by Gasteiger charge is -2.30. The average Bonchev–Trinajstić information content (AvgIpc) is 3.55. The number of nitrogens with zero attached hydrogens (tertiary/aromatic N) is 5. The van der Waals surface area contributed by atoms with Crippen LogP contribution in [0.3, 0.4) is 0 Å². The topological polar surface area (TPSA) is 213 Å². The molecule has 4 heterocycles. The van der Waals surface area contributed by atoms with Crippen molar-refractivity contribution in [2.24, 2.45) is 17.4 Å². The molecule has 42 heavy (non-hydrogen) atoms. The molecule has 5 rings (SSSR count). The van der Waals surface area contributed by atoms with E-state index < -0.39 is 30.4 Å². The molecule has 0 spiro atoms. The number of benzene rings is 1. The van der Waals surface area contributed by atoms with Gasteiger partial charge in [-0.25, -0.2) is 15.0 Å². The maximum Gasteiger partial charge on any atom is 0.260 e. The molecule has 7 N–H and O–H groups in total. The summed E-state index contributed by atoms with van der Waals surface area (Å²) >= 11 is 6.25. The van der Waals surface area contributed by atoms with Crippen molar-refractivity contribution in [2.75, 3.05) is 32.1 Å². The largest absolute Gasteiger partial charge is 0.483 e. The molecule has 0 unspecified atom stereocenters. The van der Waals surface area contributed by atoms with Crippen LogP contribution < -0.4 is 26.8 Å². The quantitative estimate of drug-likeness (QED) is 0.211. The van der Waals surface area contributed by atoms with Gasteiger partial charge in [-0.2, -0.15) is 0 Å².